The van der Waals surface area contributed by atoms with Gasteiger partial charge >= 0.3 is 0 Å². The Labute approximate surface area is 141 Å². The van der Waals surface area contributed by atoms with E-state index in [1.807, 2.05) is 39.0 Å². The van der Waals surface area contributed by atoms with Crippen LogP contribution in [-0.2, 0) is 14.1 Å². The molecule has 3 nitrogen and oxygen atoms in total. The molecule has 1 atom stereocenters. The summed E-state index contributed by atoms with van der Waals surface area (Å²) in [5, 5.41) is -0.442. The van der Waals surface area contributed by atoms with Crippen molar-refractivity contribution in [2.75, 3.05) is 6.61 Å². The van der Waals surface area contributed by atoms with Crippen LogP contribution in [0.4, 0.5) is 0 Å². The molecule has 23 heavy (non-hydrogen) atoms. The standard InChI is InChI=1S/C19H31O3P/c1-15(2)13-14-22-19(6,7)23(21,17(20)18(3,4)5)16-11-9-8-10-12-16/h8-12,15H,13-14H2,1-7H3. The number of ether oxygens (including phenoxy) is 1. The summed E-state index contributed by atoms with van der Waals surface area (Å²) in [6, 6.07) is 9.06. The lowest BCUT2D eigenvalue weighted by molar-refractivity contribution is -0.119. The van der Waals surface area contributed by atoms with Gasteiger partial charge in [0.15, 0.2) is 0 Å². The maximum atomic E-state index is 14.0. The van der Waals surface area contributed by atoms with E-state index in [9.17, 15) is 9.36 Å². The molecule has 130 valence electrons. The number of rotatable bonds is 7. The van der Waals surface area contributed by atoms with Crippen molar-refractivity contribution in [3.05, 3.63) is 30.3 Å². The van der Waals surface area contributed by atoms with Gasteiger partial charge in [0.1, 0.15) is 5.34 Å². The predicted octanol–water partition coefficient (Wildman–Crippen LogP) is 5.05. The molecule has 0 amide bonds. The van der Waals surface area contributed by atoms with Gasteiger partial charge in [-0.05, 0) is 26.2 Å². The van der Waals surface area contributed by atoms with Gasteiger partial charge in [-0.3, -0.25) is 4.79 Å². The normalized spacial score (nSPS) is 15.5. The molecule has 0 fully saturated rings. The van der Waals surface area contributed by atoms with Crippen molar-refractivity contribution in [2.24, 2.45) is 11.3 Å². The third kappa shape index (κ3) is 4.55. The molecule has 1 aromatic carbocycles. The highest BCUT2D eigenvalue weighted by Gasteiger charge is 2.52. The van der Waals surface area contributed by atoms with E-state index in [-0.39, 0.29) is 5.52 Å². The molecule has 0 saturated carbocycles. The molecule has 0 radical (unpaired) electrons. The fourth-order valence-corrected chi connectivity index (χ4v) is 5.57. The second-order valence-corrected chi connectivity index (χ2v) is 11.2. The monoisotopic (exact) mass is 338 g/mol. The smallest absolute Gasteiger partial charge is 0.207 e. The van der Waals surface area contributed by atoms with Crippen molar-refractivity contribution in [1.29, 1.82) is 0 Å². The number of carbonyl (C=O) groups excluding carboxylic acids is 1. The highest BCUT2D eigenvalue weighted by molar-refractivity contribution is 7.88. The molecule has 0 aliphatic heterocycles. The van der Waals surface area contributed by atoms with Crippen LogP contribution in [0.5, 0.6) is 0 Å². The van der Waals surface area contributed by atoms with Crippen LogP contribution in [0.15, 0.2) is 30.3 Å². The molecule has 1 rings (SSSR count). The van der Waals surface area contributed by atoms with Gasteiger partial charge in [-0.25, -0.2) is 0 Å². The minimum atomic E-state index is -3.41. The van der Waals surface area contributed by atoms with Crippen LogP contribution in [0.2, 0.25) is 0 Å². The first-order valence-corrected chi connectivity index (χ1v) is 9.98. The first-order valence-electron chi connectivity index (χ1n) is 8.27. The van der Waals surface area contributed by atoms with Crippen LogP contribution >= 0.6 is 7.14 Å². The van der Waals surface area contributed by atoms with Gasteiger partial charge in [0, 0.05) is 17.3 Å². The van der Waals surface area contributed by atoms with Crippen LogP contribution in [0, 0.1) is 11.3 Å². The van der Waals surface area contributed by atoms with Crippen LogP contribution in [0.25, 0.3) is 0 Å². The Balaban J connectivity index is 3.30. The van der Waals surface area contributed by atoms with Crippen molar-refractivity contribution in [3.63, 3.8) is 0 Å². The zero-order valence-corrected chi connectivity index (χ0v) is 16.4. The number of hydrogen-bond donors (Lipinski definition) is 0. The minimum Gasteiger partial charge on any atom is -0.367 e. The first-order chi connectivity index (χ1) is 10.4. The average molecular weight is 338 g/mol. The van der Waals surface area contributed by atoms with E-state index in [1.165, 1.54) is 0 Å². The number of benzene rings is 1. The lowest BCUT2D eigenvalue weighted by atomic mass is 9.99. The SMILES string of the molecule is CC(C)CCOC(C)(C)P(=O)(C(=O)C(C)(C)C)c1ccccc1. The van der Waals surface area contributed by atoms with E-state index in [0.717, 1.165) is 6.42 Å². The third-order valence-corrected chi connectivity index (χ3v) is 7.87. The number of carbonyl (C=O) groups is 1. The molecule has 0 aliphatic carbocycles. The number of hydrogen-bond acceptors (Lipinski definition) is 3. The molecule has 0 aliphatic rings. The fraction of sp³-hybridized carbons (Fsp3) is 0.632. The van der Waals surface area contributed by atoms with Gasteiger partial charge in [0.2, 0.25) is 12.7 Å². The molecule has 4 heteroatoms. The average Bonchev–Trinajstić information content (AvgIpc) is 2.44. The molecule has 0 aromatic heterocycles. The van der Waals surface area contributed by atoms with Crippen molar-refractivity contribution < 1.29 is 14.1 Å². The zero-order valence-electron chi connectivity index (χ0n) is 15.6. The summed E-state index contributed by atoms with van der Waals surface area (Å²) in [4.78, 5) is 13.1. The summed E-state index contributed by atoms with van der Waals surface area (Å²) in [7, 11) is -3.41. The van der Waals surface area contributed by atoms with E-state index >= 15 is 0 Å². The predicted molar refractivity (Wildman–Crippen MR) is 97.6 cm³/mol. The van der Waals surface area contributed by atoms with Crippen molar-refractivity contribution in [3.8, 4) is 0 Å². The third-order valence-electron chi connectivity index (χ3n) is 3.96. The van der Waals surface area contributed by atoms with Gasteiger partial charge in [0.05, 0.1) is 0 Å². The molecule has 0 N–H and O–H groups in total. The second kappa shape index (κ2) is 7.32. The van der Waals surface area contributed by atoms with Gasteiger partial charge < -0.3 is 9.30 Å². The summed E-state index contributed by atoms with van der Waals surface area (Å²) in [6.45, 7) is 13.7. The van der Waals surface area contributed by atoms with E-state index in [4.69, 9.17) is 4.74 Å². The fourth-order valence-electron chi connectivity index (χ4n) is 2.42. The molecule has 0 spiro atoms. The molecule has 0 bridgehead atoms. The Bertz CT molecular complexity index is 568. The molecule has 0 heterocycles. The first kappa shape index (κ1) is 20.1. The van der Waals surface area contributed by atoms with E-state index < -0.39 is 17.9 Å². The summed E-state index contributed by atoms with van der Waals surface area (Å²) in [5.74, 6) is 0.500. The molecule has 1 unspecified atom stereocenters. The summed E-state index contributed by atoms with van der Waals surface area (Å²) < 4.78 is 20.0. The summed E-state index contributed by atoms with van der Waals surface area (Å²) in [6.07, 6.45) is 0.877. The lowest BCUT2D eigenvalue weighted by Gasteiger charge is -2.37. The van der Waals surface area contributed by atoms with Crippen molar-refractivity contribution in [2.45, 2.75) is 60.2 Å². The second-order valence-electron chi connectivity index (χ2n) is 7.98. The topological polar surface area (TPSA) is 43.4 Å². The van der Waals surface area contributed by atoms with E-state index in [1.54, 1.807) is 26.0 Å². The Morgan fingerprint density at radius 3 is 2.04 bits per heavy atom. The van der Waals surface area contributed by atoms with E-state index in [0.29, 0.717) is 17.8 Å². The maximum Gasteiger partial charge on any atom is 0.207 e. The molecule has 1 aromatic rings. The van der Waals surface area contributed by atoms with Crippen molar-refractivity contribution >= 4 is 18.0 Å². The maximum absolute atomic E-state index is 14.0. The Morgan fingerprint density at radius 1 is 1.09 bits per heavy atom. The van der Waals surface area contributed by atoms with Crippen LogP contribution in [-0.4, -0.2) is 17.5 Å². The zero-order chi connectivity index (χ0) is 17.9. The Hall–Kier alpha value is -0.920. The molecular weight excluding hydrogens is 307 g/mol. The van der Waals surface area contributed by atoms with Crippen LogP contribution < -0.4 is 5.30 Å². The van der Waals surface area contributed by atoms with Gasteiger partial charge in [-0.1, -0.05) is 65.0 Å². The summed E-state index contributed by atoms with van der Waals surface area (Å²) in [5.41, 5.74) is -0.921. The minimum absolute atomic E-state index is 0.231. The van der Waals surface area contributed by atoms with E-state index in [2.05, 4.69) is 13.8 Å². The lowest BCUT2D eigenvalue weighted by Crippen LogP contribution is -2.38. The van der Waals surface area contributed by atoms with Crippen molar-refractivity contribution in [1.82, 2.24) is 0 Å². The van der Waals surface area contributed by atoms with Gasteiger partial charge in [0.25, 0.3) is 0 Å². The molecular formula is C19H31O3P. The quantitative estimate of drug-likeness (QED) is 0.654. The Morgan fingerprint density at radius 2 is 1.61 bits per heavy atom. The molecule has 0 saturated heterocycles. The highest BCUT2D eigenvalue weighted by Crippen LogP contribution is 2.61. The highest BCUT2D eigenvalue weighted by atomic mass is 31.2. The Kier molecular flexibility index (Phi) is 6.40. The largest absolute Gasteiger partial charge is 0.367 e. The van der Waals surface area contributed by atoms with Crippen LogP contribution in [0.3, 0.4) is 0 Å². The summed E-state index contributed by atoms with van der Waals surface area (Å²) >= 11 is 0. The van der Waals surface area contributed by atoms with Gasteiger partial charge in [-0.2, -0.15) is 0 Å². The van der Waals surface area contributed by atoms with Crippen LogP contribution in [0.1, 0.15) is 54.9 Å². The van der Waals surface area contributed by atoms with Gasteiger partial charge in [-0.15, -0.1) is 0 Å².